The molecule has 1 aromatic heterocycles. The number of benzene rings is 2. The number of rotatable bonds is 3. The van der Waals surface area contributed by atoms with Crippen LogP contribution in [0.4, 0.5) is 5.88 Å². The Morgan fingerprint density at radius 2 is 1.72 bits per heavy atom. The van der Waals surface area contributed by atoms with Gasteiger partial charge in [0.05, 0.1) is 0 Å². The molecule has 0 atom stereocenters. The second-order valence-corrected chi connectivity index (χ2v) is 7.46. The van der Waals surface area contributed by atoms with Crippen molar-refractivity contribution in [1.82, 2.24) is 9.88 Å². The molecule has 0 bridgehead atoms. The standard InChI is InChI=1S/C21H16Cl2N4O2/c22-16-5-1-3-14(11-16)19-25-18(13-24)21(29-19)27-9-7-26(8-10-27)20(28)15-4-2-6-17(23)12-15/h1-6,11-12H,7-10H2. The van der Waals surface area contributed by atoms with Crippen LogP contribution in [0.2, 0.25) is 10.0 Å². The van der Waals surface area contributed by atoms with E-state index in [1.165, 1.54) is 0 Å². The Labute approximate surface area is 177 Å². The van der Waals surface area contributed by atoms with Gasteiger partial charge in [0, 0.05) is 47.4 Å². The molecule has 2 heterocycles. The minimum absolute atomic E-state index is 0.0650. The summed E-state index contributed by atoms with van der Waals surface area (Å²) in [5, 5.41) is 10.6. The second kappa shape index (κ2) is 8.16. The Hall–Kier alpha value is -3.01. The monoisotopic (exact) mass is 426 g/mol. The van der Waals surface area contributed by atoms with Crippen LogP contribution in [0, 0.1) is 11.3 Å². The molecule has 4 rings (SSSR count). The number of nitriles is 1. The minimum Gasteiger partial charge on any atom is -0.419 e. The largest absolute Gasteiger partial charge is 0.419 e. The van der Waals surface area contributed by atoms with Crippen molar-refractivity contribution >= 4 is 35.0 Å². The van der Waals surface area contributed by atoms with Gasteiger partial charge in [0.25, 0.3) is 5.91 Å². The maximum absolute atomic E-state index is 12.7. The van der Waals surface area contributed by atoms with Crippen LogP contribution in [0.15, 0.2) is 52.9 Å². The third-order valence-corrected chi connectivity index (χ3v) is 5.18. The first-order valence-corrected chi connectivity index (χ1v) is 9.77. The van der Waals surface area contributed by atoms with E-state index in [9.17, 15) is 10.1 Å². The molecule has 1 fully saturated rings. The summed E-state index contributed by atoms with van der Waals surface area (Å²) >= 11 is 12.0. The van der Waals surface area contributed by atoms with Crippen molar-refractivity contribution in [3.05, 3.63) is 69.8 Å². The molecule has 0 radical (unpaired) electrons. The highest BCUT2D eigenvalue weighted by Gasteiger charge is 2.27. The summed E-state index contributed by atoms with van der Waals surface area (Å²) in [6.07, 6.45) is 0. The minimum atomic E-state index is -0.0650. The SMILES string of the molecule is N#Cc1nc(-c2cccc(Cl)c2)oc1N1CCN(C(=O)c2cccc(Cl)c2)CC1. The number of amides is 1. The lowest BCUT2D eigenvalue weighted by Gasteiger charge is -2.34. The third kappa shape index (κ3) is 4.07. The lowest BCUT2D eigenvalue weighted by atomic mass is 10.2. The number of carbonyl (C=O) groups is 1. The third-order valence-electron chi connectivity index (χ3n) is 4.71. The van der Waals surface area contributed by atoms with Crippen molar-refractivity contribution in [1.29, 1.82) is 5.26 Å². The highest BCUT2D eigenvalue weighted by molar-refractivity contribution is 6.31. The van der Waals surface area contributed by atoms with Gasteiger partial charge in [-0.3, -0.25) is 4.79 Å². The van der Waals surface area contributed by atoms with Crippen molar-refractivity contribution in [2.75, 3.05) is 31.1 Å². The molecule has 8 heteroatoms. The highest BCUT2D eigenvalue weighted by atomic mass is 35.5. The molecule has 0 spiro atoms. The first-order chi connectivity index (χ1) is 14.0. The normalized spacial score (nSPS) is 14.0. The predicted molar refractivity (Wildman–Crippen MR) is 111 cm³/mol. The van der Waals surface area contributed by atoms with Crippen molar-refractivity contribution in [2.24, 2.45) is 0 Å². The van der Waals surface area contributed by atoms with E-state index in [0.29, 0.717) is 59.1 Å². The molecular formula is C21H16Cl2N4O2. The smallest absolute Gasteiger partial charge is 0.254 e. The Balaban J connectivity index is 1.50. The predicted octanol–water partition coefficient (Wildman–Crippen LogP) is 4.48. The van der Waals surface area contributed by atoms with Crippen molar-refractivity contribution in [2.45, 2.75) is 0 Å². The number of halogens is 2. The van der Waals surface area contributed by atoms with Gasteiger partial charge in [-0.2, -0.15) is 10.2 Å². The molecule has 1 aliphatic rings. The summed E-state index contributed by atoms with van der Waals surface area (Å²) in [5.41, 5.74) is 1.48. The van der Waals surface area contributed by atoms with Crippen LogP contribution in [0.5, 0.6) is 0 Å². The van der Waals surface area contributed by atoms with Crippen LogP contribution in [0.1, 0.15) is 16.1 Å². The molecule has 0 saturated carbocycles. The summed E-state index contributed by atoms with van der Waals surface area (Å²) in [4.78, 5) is 20.7. The summed E-state index contributed by atoms with van der Waals surface area (Å²) in [7, 11) is 0. The van der Waals surface area contributed by atoms with Crippen LogP contribution in [-0.4, -0.2) is 42.0 Å². The van der Waals surface area contributed by atoms with Crippen LogP contribution >= 0.6 is 23.2 Å². The van der Waals surface area contributed by atoms with Crippen LogP contribution in [0.25, 0.3) is 11.5 Å². The summed E-state index contributed by atoms with van der Waals surface area (Å²) in [6.45, 7) is 2.07. The quantitative estimate of drug-likeness (QED) is 0.616. The van der Waals surface area contributed by atoms with Gasteiger partial charge in [0.2, 0.25) is 17.5 Å². The van der Waals surface area contributed by atoms with Crippen molar-refractivity contribution < 1.29 is 9.21 Å². The van der Waals surface area contributed by atoms with Gasteiger partial charge < -0.3 is 14.2 Å². The summed E-state index contributed by atoms with van der Waals surface area (Å²) in [5.74, 6) is 0.693. The average molecular weight is 427 g/mol. The molecule has 0 aliphatic carbocycles. The van der Waals surface area contributed by atoms with Gasteiger partial charge in [-0.05, 0) is 36.4 Å². The number of anilines is 1. The zero-order valence-corrected chi connectivity index (χ0v) is 16.8. The number of oxazole rings is 1. The zero-order chi connectivity index (χ0) is 20.4. The first kappa shape index (κ1) is 19.3. The Morgan fingerprint density at radius 3 is 2.38 bits per heavy atom. The lowest BCUT2D eigenvalue weighted by Crippen LogP contribution is -2.48. The van der Waals surface area contributed by atoms with E-state index in [0.717, 1.165) is 0 Å². The first-order valence-electron chi connectivity index (χ1n) is 9.02. The van der Waals surface area contributed by atoms with Gasteiger partial charge in [-0.15, -0.1) is 0 Å². The maximum Gasteiger partial charge on any atom is 0.254 e. The van der Waals surface area contributed by atoms with E-state index in [2.05, 4.69) is 11.1 Å². The Bertz CT molecular complexity index is 1100. The molecule has 1 aliphatic heterocycles. The number of carbonyl (C=O) groups excluding carboxylic acids is 1. The van der Waals surface area contributed by atoms with E-state index in [1.54, 1.807) is 47.4 Å². The number of aromatic nitrogens is 1. The average Bonchev–Trinajstić information content (AvgIpc) is 3.18. The number of hydrogen-bond acceptors (Lipinski definition) is 5. The molecule has 29 heavy (non-hydrogen) atoms. The topological polar surface area (TPSA) is 73.4 Å². The number of nitrogens with zero attached hydrogens (tertiary/aromatic N) is 4. The molecule has 6 nitrogen and oxygen atoms in total. The van der Waals surface area contributed by atoms with Gasteiger partial charge in [0.15, 0.2) is 0 Å². The molecule has 146 valence electrons. The fraction of sp³-hybridized carbons (Fsp3) is 0.190. The fourth-order valence-electron chi connectivity index (χ4n) is 3.26. The van der Waals surface area contributed by atoms with Crippen LogP contribution < -0.4 is 4.90 Å². The molecule has 0 unspecified atom stereocenters. The number of piperazine rings is 1. The van der Waals surface area contributed by atoms with E-state index in [-0.39, 0.29) is 11.6 Å². The summed E-state index contributed by atoms with van der Waals surface area (Å²) in [6, 6.07) is 16.1. The highest BCUT2D eigenvalue weighted by Crippen LogP contribution is 2.30. The van der Waals surface area contributed by atoms with E-state index in [4.69, 9.17) is 27.6 Å². The maximum atomic E-state index is 12.7. The van der Waals surface area contributed by atoms with E-state index >= 15 is 0 Å². The van der Waals surface area contributed by atoms with E-state index < -0.39 is 0 Å². The van der Waals surface area contributed by atoms with Crippen molar-refractivity contribution in [3.8, 4) is 17.5 Å². The Kier molecular flexibility index (Phi) is 5.43. The molecule has 3 aromatic rings. The lowest BCUT2D eigenvalue weighted by molar-refractivity contribution is 0.0745. The zero-order valence-electron chi connectivity index (χ0n) is 15.3. The van der Waals surface area contributed by atoms with E-state index in [1.807, 2.05) is 11.0 Å². The second-order valence-electron chi connectivity index (χ2n) is 6.58. The molecule has 2 aromatic carbocycles. The van der Waals surface area contributed by atoms with Gasteiger partial charge in [-0.25, -0.2) is 0 Å². The molecule has 1 saturated heterocycles. The van der Waals surface area contributed by atoms with Crippen molar-refractivity contribution in [3.63, 3.8) is 0 Å². The van der Waals surface area contributed by atoms with Gasteiger partial charge >= 0.3 is 0 Å². The number of hydrogen-bond donors (Lipinski definition) is 0. The molecule has 0 N–H and O–H groups in total. The summed E-state index contributed by atoms with van der Waals surface area (Å²) < 4.78 is 5.90. The van der Waals surface area contributed by atoms with Crippen LogP contribution in [-0.2, 0) is 0 Å². The Morgan fingerprint density at radius 1 is 1.03 bits per heavy atom. The van der Waals surface area contributed by atoms with Crippen LogP contribution in [0.3, 0.4) is 0 Å². The van der Waals surface area contributed by atoms with Gasteiger partial charge in [-0.1, -0.05) is 35.3 Å². The molecular weight excluding hydrogens is 411 g/mol. The fourth-order valence-corrected chi connectivity index (χ4v) is 3.64. The van der Waals surface area contributed by atoms with Gasteiger partial charge in [0.1, 0.15) is 6.07 Å². The molecule has 1 amide bonds.